The molecule has 1 N–H and O–H groups in total. The van der Waals surface area contributed by atoms with Gasteiger partial charge in [-0.15, -0.1) is 0 Å². The predicted octanol–water partition coefficient (Wildman–Crippen LogP) is 3.75. The first-order valence-electron chi connectivity index (χ1n) is 7.54. The largest absolute Gasteiger partial charge is 0.316 e. The zero-order valence-corrected chi connectivity index (χ0v) is 15.5. The minimum absolute atomic E-state index is 0.225. The van der Waals surface area contributed by atoms with E-state index in [9.17, 15) is 8.42 Å². The van der Waals surface area contributed by atoms with E-state index >= 15 is 0 Å². The Hall–Kier alpha value is -0.390. The Balaban J connectivity index is 2.78. The summed E-state index contributed by atoms with van der Waals surface area (Å²) >= 11 is 3.49. The van der Waals surface area contributed by atoms with Crippen molar-refractivity contribution in [1.82, 2.24) is 5.32 Å². The van der Waals surface area contributed by atoms with E-state index in [0.717, 1.165) is 24.0 Å². The van der Waals surface area contributed by atoms with Crippen LogP contribution in [0.5, 0.6) is 0 Å². The van der Waals surface area contributed by atoms with E-state index in [1.54, 1.807) is 13.8 Å². The van der Waals surface area contributed by atoms with Crippen LogP contribution in [0.1, 0.15) is 45.1 Å². The number of nitrogens with one attached hydrogen (secondary N) is 1. The summed E-state index contributed by atoms with van der Waals surface area (Å²) in [5.74, 6) is 0.470. The van der Waals surface area contributed by atoms with Crippen LogP contribution < -0.4 is 5.32 Å². The molecule has 0 bridgehead atoms. The third-order valence-corrected chi connectivity index (χ3v) is 6.34. The van der Waals surface area contributed by atoms with Crippen molar-refractivity contribution in [2.45, 2.75) is 44.8 Å². The molecule has 5 heteroatoms. The number of halogens is 1. The molecule has 1 aromatic carbocycles. The zero-order chi connectivity index (χ0) is 15.9. The van der Waals surface area contributed by atoms with E-state index in [-0.39, 0.29) is 16.9 Å². The molecule has 0 aliphatic carbocycles. The average Bonchev–Trinajstić information content (AvgIpc) is 2.42. The highest BCUT2D eigenvalue weighted by Crippen LogP contribution is 2.23. The molecule has 0 radical (unpaired) electrons. The van der Waals surface area contributed by atoms with Gasteiger partial charge in [0.15, 0.2) is 9.84 Å². The monoisotopic (exact) mass is 375 g/mol. The lowest BCUT2D eigenvalue weighted by molar-refractivity contribution is 0.551. The van der Waals surface area contributed by atoms with Crippen molar-refractivity contribution in [3.8, 4) is 0 Å². The maximum atomic E-state index is 12.0. The molecule has 0 saturated carbocycles. The third kappa shape index (κ3) is 6.49. The van der Waals surface area contributed by atoms with Crippen LogP contribution in [-0.2, 0) is 9.84 Å². The topological polar surface area (TPSA) is 46.2 Å². The fourth-order valence-corrected chi connectivity index (χ4v) is 3.64. The molecule has 0 saturated heterocycles. The second-order valence-electron chi connectivity index (χ2n) is 5.66. The van der Waals surface area contributed by atoms with Gasteiger partial charge < -0.3 is 5.32 Å². The maximum Gasteiger partial charge on any atom is 0.152 e. The Labute approximate surface area is 137 Å². The van der Waals surface area contributed by atoms with Crippen LogP contribution in [0.15, 0.2) is 28.7 Å². The molecule has 0 heterocycles. The van der Waals surface area contributed by atoms with Gasteiger partial charge in [0.2, 0.25) is 0 Å². The Morgan fingerprint density at radius 2 is 2.00 bits per heavy atom. The van der Waals surface area contributed by atoms with Crippen LogP contribution >= 0.6 is 15.9 Å². The molecule has 1 atom stereocenters. The van der Waals surface area contributed by atoms with Crippen molar-refractivity contribution in [3.05, 3.63) is 34.3 Å². The van der Waals surface area contributed by atoms with Gasteiger partial charge in [-0.2, -0.15) is 0 Å². The highest BCUT2D eigenvalue weighted by molar-refractivity contribution is 9.10. The van der Waals surface area contributed by atoms with Crippen molar-refractivity contribution >= 4 is 25.8 Å². The summed E-state index contributed by atoms with van der Waals surface area (Å²) in [4.78, 5) is 0. The van der Waals surface area contributed by atoms with Crippen LogP contribution in [0.25, 0.3) is 0 Å². The highest BCUT2D eigenvalue weighted by atomic mass is 79.9. The van der Waals surface area contributed by atoms with Crippen molar-refractivity contribution in [3.63, 3.8) is 0 Å². The molecule has 0 spiro atoms. The van der Waals surface area contributed by atoms with Crippen LogP contribution in [0.4, 0.5) is 0 Å². The van der Waals surface area contributed by atoms with E-state index in [0.29, 0.717) is 6.42 Å². The molecular formula is C16H26BrNO2S. The molecule has 0 aliphatic rings. The van der Waals surface area contributed by atoms with Gasteiger partial charge in [-0.25, -0.2) is 8.42 Å². The van der Waals surface area contributed by atoms with Gasteiger partial charge in [0.1, 0.15) is 0 Å². The third-order valence-electron chi connectivity index (χ3n) is 3.61. The standard InChI is InChI=1S/C16H26BrNO2S/c1-4-9-18-12-15(8-10-21(19,20)13(2)3)14-6-5-7-16(17)11-14/h5-7,11,13,15,18H,4,8-10,12H2,1-3H3. The molecule has 1 unspecified atom stereocenters. The normalized spacial score (nSPS) is 13.6. The second kappa shape index (κ2) is 8.91. The van der Waals surface area contributed by atoms with E-state index < -0.39 is 9.84 Å². The number of rotatable bonds is 9. The van der Waals surface area contributed by atoms with E-state index in [4.69, 9.17) is 0 Å². The lowest BCUT2D eigenvalue weighted by Gasteiger charge is -2.19. The van der Waals surface area contributed by atoms with Gasteiger partial charge >= 0.3 is 0 Å². The molecule has 0 amide bonds. The van der Waals surface area contributed by atoms with Crippen molar-refractivity contribution in [2.75, 3.05) is 18.8 Å². The quantitative estimate of drug-likeness (QED) is 0.668. The van der Waals surface area contributed by atoms with E-state index in [2.05, 4.69) is 40.3 Å². The van der Waals surface area contributed by atoms with Gasteiger partial charge in [0, 0.05) is 11.0 Å². The van der Waals surface area contributed by atoms with Gasteiger partial charge in [0.05, 0.1) is 11.0 Å². The molecule has 1 aromatic rings. The number of sulfone groups is 1. The molecule has 3 nitrogen and oxygen atoms in total. The minimum Gasteiger partial charge on any atom is -0.316 e. The van der Waals surface area contributed by atoms with Crippen LogP contribution in [0, 0.1) is 0 Å². The van der Waals surface area contributed by atoms with Gasteiger partial charge in [-0.3, -0.25) is 0 Å². The first-order valence-corrected chi connectivity index (χ1v) is 10.1. The SMILES string of the molecule is CCCNCC(CCS(=O)(=O)C(C)C)c1cccc(Br)c1. The Morgan fingerprint density at radius 3 is 2.57 bits per heavy atom. The molecule has 0 fully saturated rings. The lowest BCUT2D eigenvalue weighted by atomic mass is 9.96. The summed E-state index contributed by atoms with van der Waals surface area (Å²) < 4.78 is 25.1. The molecule has 120 valence electrons. The molecule has 0 aromatic heterocycles. The van der Waals surface area contributed by atoms with Gasteiger partial charge in [-0.05, 0) is 56.8 Å². The summed E-state index contributed by atoms with van der Waals surface area (Å²) in [5, 5.41) is 3.11. The average molecular weight is 376 g/mol. The number of benzene rings is 1. The first-order chi connectivity index (χ1) is 9.86. The zero-order valence-electron chi connectivity index (χ0n) is 13.1. The number of hydrogen-bond acceptors (Lipinski definition) is 3. The first kappa shape index (κ1) is 18.7. The van der Waals surface area contributed by atoms with Crippen LogP contribution in [0.3, 0.4) is 0 Å². The molecule has 0 aliphatic heterocycles. The summed E-state index contributed by atoms with van der Waals surface area (Å²) in [7, 11) is -2.98. The van der Waals surface area contributed by atoms with E-state index in [1.165, 1.54) is 5.56 Å². The lowest BCUT2D eigenvalue weighted by Crippen LogP contribution is -2.26. The highest BCUT2D eigenvalue weighted by Gasteiger charge is 2.20. The molecule has 1 rings (SSSR count). The smallest absolute Gasteiger partial charge is 0.152 e. The second-order valence-corrected chi connectivity index (χ2v) is 9.25. The van der Waals surface area contributed by atoms with E-state index in [1.807, 2.05) is 12.1 Å². The predicted molar refractivity (Wildman–Crippen MR) is 93.6 cm³/mol. The van der Waals surface area contributed by atoms with Crippen molar-refractivity contribution < 1.29 is 8.42 Å². The maximum absolute atomic E-state index is 12.0. The summed E-state index contributed by atoms with van der Waals surface area (Å²) in [6.45, 7) is 7.40. The van der Waals surface area contributed by atoms with Crippen LogP contribution in [-0.4, -0.2) is 32.5 Å². The molecular weight excluding hydrogens is 350 g/mol. The summed E-state index contributed by atoms with van der Waals surface area (Å²) in [5.41, 5.74) is 1.19. The Kier molecular flexibility index (Phi) is 7.92. The summed E-state index contributed by atoms with van der Waals surface area (Å²) in [6.07, 6.45) is 1.74. The molecule has 21 heavy (non-hydrogen) atoms. The minimum atomic E-state index is -2.98. The summed E-state index contributed by atoms with van der Waals surface area (Å²) in [6, 6.07) is 8.15. The Morgan fingerprint density at radius 1 is 1.29 bits per heavy atom. The Bertz CT molecular complexity index is 529. The van der Waals surface area contributed by atoms with Crippen molar-refractivity contribution in [1.29, 1.82) is 0 Å². The van der Waals surface area contributed by atoms with Gasteiger partial charge in [0.25, 0.3) is 0 Å². The van der Waals surface area contributed by atoms with Crippen LogP contribution in [0.2, 0.25) is 0 Å². The fraction of sp³-hybridized carbons (Fsp3) is 0.625. The van der Waals surface area contributed by atoms with Crippen molar-refractivity contribution in [2.24, 2.45) is 0 Å². The van der Waals surface area contributed by atoms with Gasteiger partial charge in [-0.1, -0.05) is 35.0 Å². The number of hydrogen-bond donors (Lipinski definition) is 1. The fourth-order valence-electron chi connectivity index (χ4n) is 2.14.